The van der Waals surface area contributed by atoms with E-state index in [1.807, 2.05) is 19.2 Å². The van der Waals surface area contributed by atoms with Gasteiger partial charge in [0.05, 0.1) is 5.56 Å². The van der Waals surface area contributed by atoms with Gasteiger partial charge in [-0.2, -0.15) is 11.3 Å². The van der Waals surface area contributed by atoms with Gasteiger partial charge in [-0.1, -0.05) is 13.8 Å². The zero-order chi connectivity index (χ0) is 8.43. The molecule has 1 aromatic rings. The van der Waals surface area contributed by atoms with Crippen molar-refractivity contribution in [2.45, 2.75) is 19.8 Å². The topological polar surface area (TPSA) is 37.3 Å². The van der Waals surface area contributed by atoms with E-state index in [1.165, 1.54) is 11.3 Å². The molecule has 1 rings (SSSR count). The molecule has 0 amide bonds. The van der Waals surface area contributed by atoms with Gasteiger partial charge in [-0.25, -0.2) is 4.79 Å². The third kappa shape index (κ3) is 1.60. The van der Waals surface area contributed by atoms with E-state index in [9.17, 15) is 4.79 Å². The minimum Gasteiger partial charge on any atom is -0.478 e. The van der Waals surface area contributed by atoms with Crippen LogP contribution in [0.1, 0.15) is 35.7 Å². The minimum atomic E-state index is -0.824. The number of thiophene rings is 1. The van der Waals surface area contributed by atoms with Crippen LogP contribution in [-0.2, 0) is 0 Å². The van der Waals surface area contributed by atoms with Gasteiger partial charge in [0.1, 0.15) is 0 Å². The Hall–Kier alpha value is -0.830. The first-order valence-corrected chi connectivity index (χ1v) is 4.36. The Kier molecular flexibility index (Phi) is 2.29. The van der Waals surface area contributed by atoms with Crippen LogP contribution in [0.15, 0.2) is 10.8 Å². The molecule has 0 saturated heterocycles. The predicted octanol–water partition coefficient (Wildman–Crippen LogP) is 2.57. The summed E-state index contributed by atoms with van der Waals surface area (Å²) in [6.07, 6.45) is 0. The Morgan fingerprint density at radius 2 is 2.18 bits per heavy atom. The number of aromatic carboxylic acids is 1. The summed E-state index contributed by atoms with van der Waals surface area (Å²) < 4.78 is 0. The molecular formula is C8H10O2S. The largest absolute Gasteiger partial charge is 0.478 e. The van der Waals surface area contributed by atoms with Crippen molar-refractivity contribution in [1.82, 2.24) is 0 Å². The Morgan fingerprint density at radius 3 is 2.55 bits per heavy atom. The Bertz CT molecular complexity index is 263. The number of rotatable bonds is 2. The second-order valence-electron chi connectivity index (χ2n) is 2.70. The van der Waals surface area contributed by atoms with E-state index in [0.29, 0.717) is 11.5 Å². The molecule has 0 atom stereocenters. The van der Waals surface area contributed by atoms with E-state index in [4.69, 9.17) is 5.11 Å². The number of carbonyl (C=O) groups is 1. The molecule has 3 heteroatoms. The van der Waals surface area contributed by atoms with E-state index in [-0.39, 0.29) is 0 Å². The summed E-state index contributed by atoms with van der Waals surface area (Å²) >= 11 is 1.44. The van der Waals surface area contributed by atoms with Crippen LogP contribution in [0.3, 0.4) is 0 Å². The molecule has 1 N–H and O–H groups in total. The molecule has 0 radical (unpaired) electrons. The Labute approximate surface area is 69.5 Å². The molecule has 0 fully saturated rings. The fourth-order valence-electron chi connectivity index (χ4n) is 0.928. The van der Waals surface area contributed by atoms with Crippen LogP contribution in [0.2, 0.25) is 0 Å². The highest BCUT2D eigenvalue weighted by Crippen LogP contribution is 2.23. The molecule has 0 bridgehead atoms. The lowest BCUT2D eigenvalue weighted by atomic mass is 10.0. The van der Waals surface area contributed by atoms with Crippen molar-refractivity contribution in [2.24, 2.45) is 0 Å². The predicted molar refractivity (Wildman–Crippen MR) is 45.4 cm³/mol. The van der Waals surface area contributed by atoms with E-state index in [0.717, 1.165) is 5.56 Å². The van der Waals surface area contributed by atoms with Crippen LogP contribution in [0.5, 0.6) is 0 Å². The molecule has 0 aromatic carbocycles. The molecule has 0 unspecified atom stereocenters. The lowest BCUT2D eigenvalue weighted by molar-refractivity contribution is 0.0696. The summed E-state index contributed by atoms with van der Waals surface area (Å²) in [5.74, 6) is -0.526. The first kappa shape index (κ1) is 8.27. The van der Waals surface area contributed by atoms with Crippen molar-refractivity contribution in [3.63, 3.8) is 0 Å². The van der Waals surface area contributed by atoms with E-state index in [2.05, 4.69) is 0 Å². The fourth-order valence-corrected chi connectivity index (χ4v) is 1.91. The maximum absolute atomic E-state index is 10.6. The molecule has 1 aromatic heterocycles. The molecule has 2 nitrogen and oxygen atoms in total. The fraction of sp³-hybridized carbons (Fsp3) is 0.375. The van der Waals surface area contributed by atoms with Gasteiger partial charge in [0.2, 0.25) is 0 Å². The number of hydrogen-bond acceptors (Lipinski definition) is 2. The molecule has 0 spiro atoms. The smallest absolute Gasteiger partial charge is 0.336 e. The molecule has 0 aliphatic carbocycles. The molecule has 1 heterocycles. The van der Waals surface area contributed by atoms with Crippen molar-refractivity contribution in [2.75, 3.05) is 0 Å². The van der Waals surface area contributed by atoms with Crippen molar-refractivity contribution < 1.29 is 9.90 Å². The van der Waals surface area contributed by atoms with Crippen molar-refractivity contribution in [3.8, 4) is 0 Å². The number of carboxylic acid groups (broad SMARTS) is 1. The standard InChI is InChI=1S/C8H10O2S/c1-5(2)6-3-11-4-7(6)8(9)10/h3-5H,1-2H3,(H,9,10). The summed E-state index contributed by atoms with van der Waals surface area (Å²) in [5, 5.41) is 12.3. The average molecular weight is 170 g/mol. The van der Waals surface area contributed by atoms with Gasteiger partial charge in [-0.3, -0.25) is 0 Å². The lowest BCUT2D eigenvalue weighted by Gasteiger charge is -2.01. The normalized spacial score (nSPS) is 10.5. The van der Waals surface area contributed by atoms with Crippen LogP contribution in [0.25, 0.3) is 0 Å². The van der Waals surface area contributed by atoms with Gasteiger partial charge in [0.15, 0.2) is 0 Å². The van der Waals surface area contributed by atoms with Crippen molar-refractivity contribution in [1.29, 1.82) is 0 Å². The quantitative estimate of drug-likeness (QED) is 0.740. The van der Waals surface area contributed by atoms with Gasteiger partial charge in [0.25, 0.3) is 0 Å². The third-order valence-electron chi connectivity index (χ3n) is 1.54. The number of carboxylic acids is 1. The minimum absolute atomic E-state index is 0.298. The van der Waals surface area contributed by atoms with Gasteiger partial charge in [-0.05, 0) is 16.9 Å². The van der Waals surface area contributed by atoms with Crippen LogP contribution >= 0.6 is 11.3 Å². The molecule has 0 aliphatic heterocycles. The second-order valence-corrected chi connectivity index (χ2v) is 3.44. The average Bonchev–Trinajstić information content (AvgIpc) is 2.32. The van der Waals surface area contributed by atoms with E-state index in [1.54, 1.807) is 5.38 Å². The van der Waals surface area contributed by atoms with Gasteiger partial charge in [0, 0.05) is 5.38 Å². The van der Waals surface area contributed by atoms with Crippen molar-refractivity contribution in [3.05, 3.63) is 21.9 Å². The van der Waals surface area contributed by atoms with Gasteiger partial charge < -0.3 is 5.11 Å². The summed E-state index contributed by atoms with van der Waals surface area (Å²) in [5.41, 5.74) is 1.38. The van der Waals surface area contributed by atoms with Crippen molar-refractivity contribution >= 4 is 17.3 Å². The van der Waals surface area contributed by atoms with E-state index < -0.39 is 5.97 Å². The molecule has 0 aliphatic rings. The zero-order valence-electron chi connectivity index (χ0n) is 6.50. The monoisotopic (exact) mass is 170 g/mol. The maximum Gasteiger partial charge on any atom is 0.336 e. The SMILES string of the molecule is CC(C)c1cscc1C(=O)O. The second kappa shape index (κ2) is 3.05. The highest BCUT2D eigenvalue weighted by molar-refractivity contribution is 7.08. The molecule has 11 heavy (non-hydrogen) atoms. The molecule has 60 valence electrons. The first-order valence-electron chi connectivity index (χ1n) is 3.42. The first-order chi connectivity index (χ1) is 5.13. The van der Waals surface area contributed by atoms with E-state index >= 15 is 0 Å². The summed E-state index contributed by atoms with van der Waals surface area (Å²) in [6.45, 7) is 3.99. The van der Waals surface area contributed by atoms with Crippen LogP contribution in [0.4, 0.5) is 0 Å². The van der Waals surface area contributed by atoms with Crippen LogP contribution in [-0.4, -0.2) is 11.1 Å². The third-order valence-corrected chi connectivity index (χ3v) is 2.31. The summed E-state index contributed by atoms with van der Waals surface area (Å²) in [7, 11) is 0. The highest BCUT2D eigenvalue weighted by Gasteiger charge is 2.12. The number of hydrogen-bond donors (Lipinski definition) is 1. The zero-order valence-corrected chi connectivity index (χ0v) is 7.31. The summed E-state index contributed by atoms with van der Waals surface area (Å²) in [4.78, 5) is 10.6. The lowest BCUT2D eigenvalue weighted by Crippen LogP contribution is -1.99. The Morgan fingerprint density at radius 1 is 1.55 bits per heavy atom. The molecule has 0 saturated carbocycles. The molecular weight excluding hydrogens is 160 g/mol. The highest BCUT2D eigenvalue weighted by atomic mass is 32.1. The van der Waals surface area contributed by atoms with Gasteiger partial charge >= 0.3 is 5.97 Å². The Balaban J connectivity index is 3.06. The van der Waals surface area contributed by atoms with Gasteiger partial charge in [-0.15, -0.1) is 0 Å². The van der Waals surface area contributed by atoms with Crippen LogP contribution < -0.4 is 0 Å². The summed E-state index contributed by atoms with van der Waals surface area (Å²) in [6, 6.07) is 0. The maximum atomic E-state index is 10.6. The van der Waals surface area contributed by atoms with Crippen LogP contribution in [0, 0.1) is 0 Å².